The van der Waals surface area contributed by atoms with Crippen LogP contribution in [0.1, 0.15) is 27.4 Å². The van der Waals surface area contributed by atoms with Gasteiger partial charge in [-0.15, -0.1) is 0 Å². The molecule has 164 valence electrons. The van der Waals surface area contributed by atoms with Crippen molar-refractivity contribution in [3.8, 4) is 16.9 Å². The first kappa shape index (κ1) is 22.4. The molecule has 0 spiro atoms. The Kier molecular flexibility index (Phi) is 6.31. The summed E-state index contributed by atoms with van der Waals surface area (Å²) in [7, 11) is -4.27. The fourth-order valence-corrected chi connectivity index (χ4v) is 4.40. The second kappa shape index (κ2) is 9.00. The molecule has 1 N–H and O–H groups in total. The van der Waals surface area contributed by atoms with E-state index in [1.165, 1.54) is 12.1 Å². The second-order valence-corrected chi connectivity index (χ2v) is 9.91. The van der Waals surface area contributed by atoms with E-state index in [4.69, 9.17) is 14.0 Å². The SMILES string of the molecule is O=C(OCCS(=O)(=O)O)c1ccc(I)cc1OC(=O)C1c2ccccc2-c2ccccc21. The molecule has 0 unspecified atom stereocenters. The summed E-state index contributed by atoms with van der Waals surface area (Å²) in [6, 6.07) is 19.8. The Morgan fingerprint density at radius 1 is 0.938 bits per heavy atom. The van der Waals surface area contributed by atoms with Gasteiger partial charge in [0.15, 0.2) is 0 Å². The molecule has 0 saturated carbocycles. The third kappa shape index (κ3) is 4.69. The highest BCUT2D eigenvalue weighted by Crippen LogP contribution is 2.45. The van der Waals surface area contributed by atoms with Gasteiger partial charge in [0.25, 0.3) is 10.1 Å². The van der Waals surface area contributed by atoms with Gasteiger partial charge in [0.2, 0.25) is 0 Å². The Morgan fingerprint density at radius 3 is 2.12 bits per heavy atom. The van der Waals surface area contributed by atoms with Crippen LogP contribution in [0.2, 0.25) is 0 Å². The molecule has 1 aliphatic carbocycles. The van der Waals surface area contributed by atoms with Gasteiger partial charge in [-0.05, 0) is 63.0 Å². The molecule has 0 aliphatic heterocycles. The minimum atomic E-state index is -4.27. The van der Waals surface area contributed by atoms with Crippen LogP contribution in [0.4, 0.5) is 0 Å². The maximum atomic E-state index is 13.3. The van der Waals surface area contributed by atoms with Crippen LogP contribution < -0.4 is 4.74 Å². The lowest BCUT2D eigenvalue weighted by atomic mass is 9.97. The molecule has 4 rings (SSSR count). The molecule has 0 bridgehead atoms. The number of rotatable bonds is 6. The van der Waals surface area contributed by atoms with E-state index in [0.29, 0.717) is 0 Å². The van der Waals surface area contributed by atoms with Crippen molar-refractivity contribution in [2.45, 2.75) is 5.92 Å². The average Bonchev–Trinajstić information content (AvgIpc) is 3.07. The molecule has 9 heteroatoms. The molecule has 7 nitrogen and oxygen atoms in total. The molecule has 1 aliphatic rings. The van der Waals surface area contributed by atoms with Crippen molar-refractivity contribution in [1.82, 2.24) is 0 Å². The number of benzene rings is 3. The lowest BCUT2D eigenvalue weighted by molar-refractivity contribution is -0.135. The molecular formula is C23H17IO7S. The Labute approximate surface area is 198 Å². The van der Waals surface area contributed by atoms with Crippen LogP contribution in [0.3, 0.4) is 0 Å². The molecule has 0 fully saturated rings. The predicted octanol–water partition coefficient (Wildman–Crippen LogP) is 4.05. The monoisotopic (exact) mass is 564 g/mol. The van der Waals surface area contributed by atoms with Crippen molar-refractivity contribution < 1.29 is 32.0 Å². The predicted molar refractivity (Wildman–Crippen MR) is 125 cm³/mol. The Bertz CT molecular complexity index is 1270. The molecule has 0 amide bonds. The van der Waals surface area contributed by atoms with Crippen molar-refractivity contribution in [2.24, 2.45) is 0 Å². The molecule has 0 heterocycles. The van der Waals surface area contributed by atoms with E-state index in [0.717, 1.165) is 25.8 Å². The molecule has 0 atom stereocenters. The highest BCUT2D eigenvalue weighted by molar-refractivity contribution is 14.1. The van der Waals surface area contributed by atoms with Gasteiger partial charge in [0, 0.05) is 3.57 Å². The van der Waals surface area contributed by atoms with E-state index in [1.807, 2.05) is 71.1 Å². The molecule has 0 radical (unpaired) electrons. The fourth-order valence-electron chi connectivity index (χ4n) is 3.64. The molecule has 0 saturated heterocycles. The summed E-state index contributed by atoms with van der Waals surface area (Å²) in [5.41, 5.74) is 3.53. The van der Waals surface area contributed by atoms with Crippen molar-refractivity contribution in [1.29, 1.82) is 0 Å². The van der Waals surface area contributed by atoms with Crippen LogP contribution in [-0.2, 0) is 19.6 Å². The van der Waals surface area contributed by atoms with Crippen LogP contribution in [0, 0.1) is 3.57 Å². The molecular weight excluding hydrogens is 547 g/mol. The Hall–Kier alpha value is -2.76. The first-order chi connectivity index (χ1) is 15.2. The van der Waals surface area contributed by atoms with Crippen molar-refractivity contribution in [2.75, 3.05) is 12.4 Å². The third-order valence-electron chi connectivity index (χ3n) is 5.02. The molecule has 32 heavy (non-hydrogen) atoms. The van der Waals surface area contributed by atoms with Gasteiger partial charge < -0.3 is 9.47 Å². The van der Waals surface area contributed by atoms with E-state index in [1.54, 1.807) is 6.07 Å². The summed E-state index contributed by atoms with van der Waals surface area (Å²) in [6.07, 6.45) is 0. The number of ether oxygens (including phenoxy) is 2. The summed E-state index contributed by atoms with van der Waals surface area (Å²) in [4.78, 5) is 25.8. The van der Waals surface area contributed by atoms with E-state index in [2.05, 4.69) is 0 Å². The standard InChI is InChI=1S/C23H17IO7S/c24-14-9-10-19(22(25)30-11-12-32(27,28)29)20(13-14)31-23(26)21-17-7-3-1-5-15(17)16-6-2-4-8-18(16)21/h1-10,13,21H,11-12H2,(H,27,28,29). The highest BCUT2D eigenvalue weighted by Gasteiger charge is 2.35. The average molecular weight is 564 g/mol. The maximum absolute atomic E-state index is 13.3. The van der Waals surface area contributed by atoms with Gasteiger partial charge in [0.1, 0.15) is 29.6 Å². The van der Waals surface area contributed by atoms with Crippen molar-refractivity contribution >= 4 is 44.6 Å². The number of hydrogen-bond donors (Lipinski definition) is 1. The highest BCUT2D eigenvalue weighted by atomic mass is 127. The van der Waals surface area contributed by atoms with Gasteiger partial charge in [-0.2, -0.15) is 8.42 Å². The fraction of sp³-hybridized carbons (Fsp3) is 0.130. The zero-order valence-electron chi connectivity index (χ0n) is 16.5. The van der Waals surface area contributed by atoms with E-state index in [-0.39, 0.29) is 11.3 Å². The van der Waals surface area contributed by atoms with Crippen LogP contribution in [0.15, 0.2) is 66.7 Å². The van der Waals surface area contributed by atoms with E-state index in [9.17, 15) is 18.0 Å². The Morgan fingerprint density at radius 2 is 1.53 bits per heavy atom. The third-order valence-corrected chi connectivity index (χ3v) is 6.37. The van der Waals surface area contributed by atoms with Gasteiger partial charge >= 0.3 is 11.9 Å². The van der Waals surface area contributed by atoms with Gasteiger partial charge in [-0.25, -0.2) is 4.79 Å². The smallest absolute Gasteiger partial charge is 0.341 e. The van der Waals surface area contributed by atoms with E-state index < -0.39 is 40.3 Å². The quantitative estimate of drug-likeness (QED) is 0.208. The zero-order chi connectivity index (χ0) is 22.9. The number of esters is 2. The summed E-state index contributed by atoms with van der Waals surface area (Å²) in [5, 5.41) is 0. The molecule has 3 aromatic rings. The summed E-state index contributed by atoms with van der Waals surface area (Å²) in [5.74, 6) is -2.77. The number of carbonyl (C=O) groups is 2. The van der Waals surface area contributed by atoms with Crippen LogP contribution in [-0.4, -0.2) is 37.3 Å². The number of hydrogen-bond acceptors (Lipinski definition) is 6. The minimum absolute atomic E-state index is 0.0145. The van der Waals surface area contributed by atoms with Crippen LogP contribution in [0.25, 0.3) is 11.1 Å². The summed E-state index contributed by atoms with van der Waals surface area (Å²) >= 11 is 2.02. The topological polar surface area (TPSA) is 107 Å². The molecule has 0 aromatic heterocycles. The normalized spacial score (nSPS) is 12.7. The number of carbonyl (C=O) groups excluding carboxylic acids is 2. The van der Waals surface area contributed by atoms with E-state index >= 15 is 0 Å². The largest absolute Gasteiger partial charge is 0.461 e. The van der Waals surface area contributed by atoms with Crippen LogP contribution in [0.5, 0.6) is 5.75 Å². The van der Waals surface area contributed by atoms with Gasteiger partial charge in [-0.3, -0.25) is 9.35 Å². The summed E-state index contributed by atoms with van der Waals surface area (Å²) < 4.78 is 41.8. The van der Waals surface area contributed by atoms with Gasteiger partial charge in [0.05, 0.1) is 0 Å². The zero-order valence-corrected chi connectivity index (χ0v) is 19.5. The number of fused-ring (bicyclic) bond motifs is 3. The first-order valence-corrected chi connectivity index (χ1v) is 12.2. The lowest BCUT2D eigenvalue weighted by Gasteiger charge is -2.15. The summed E-state index contributed by atoms with van der Waals surface area (Å²) in [6.45, 7) is -0.527. The number of halogens is 1. The van der Waals surface area contributed by atoms with Crippen LogP contribution >= 0.6 is 22.6 Å². The minimum Gasteiger partial charge on any atom is -0.461 e. The van der Waals surface area contributed by atoms with Gasteiger partial charge in [-0.1, -0.05) is 48.5 Å². The molecule has 3 aromatic carbocycles. The first-order valence-electron chi connectivity index (χ1n) is 9.56. The maximum Gasteiger partial charge on any atom is 0.341 e. The van der Waals surface area contributed by atoms with Crippen molar-refractivity contribution in [3.63, 3.8) is 0 Å². The van der Waals surface area contributed by atoms with Crippen molar-refractivity contribution in [3.05, 3.63) is 87.0 Å². The Balaban J connectivity index is 1.62. The lowest BCUT2D eigenvalue weighted by Crippen LogP contribution is -2.20. The second-order valence-electron chi connectivity index (χ2n) is 7.09.